The molecule has 52 heavy (non-hydrogen) atoms. The quantitative estimate of drug-likeness (QED) is 0.0963. The first kappa shape index (κ1) is 42.2. The third-order valence-corrected chi connectivity index (χ3v) is 8.28. The maximum atomic E-state index is 16.5. The SMILES string of the molecule is C=CC(=O)OCC(COC12C(F)(F)C3(F)C(F)(F)C(F)(C1(F)F)C(F)(F)C(OCC(COC(=O)C=C)OC(=O)C=C)(C3(F)F)C2(F)F)OC(=O)C=C. The topological polar surface area (TPSA) is 124 Å². The van der Waals surface area contributed by atoms with Crippen LogP contribution in [0.15, 0.2) is 50.6 Å². The van der Waals surface area contributed by atoms with Gasteiger partial charge in [0.1, 0.15) is 13.2 Å². The largest absolute Gasteiger partial charge is 0.458 e. The number of hydrogen-bond acceptors (Lipinski definition) is 10. The molecule has 4 aliphatic rings. The van der Waals surface area contributed by atoms with Gasteiger partial charge in [-0.05, 0) is 0 Å². The zero-order valence-corrected chi connectivity index (χ0v) is 25.5. The van der Waals surface area contributed by atoms with Crippen LogP contribution in [0.5, 0.6) is 0 Å². The number of carbonyl (C=O) groups excluding carboxylic acids is 4. The molecule has 0 saturated heterocycles. The number of esters is 4. The lowest BCUT2D eigenvalue weighted by molar-refractivity contribution is -0.630. The van der Waals surface area contributed by atoms with E-state index in [-0.39, 0.29) is 12.2 Å². The summed E-state index contributed by atoms with van der Waals surface area (Å²) in [6.45, 7) is 3.00. The average Bonchev–Trinajstić information content (AvgIpc) is 3.05. The summed E-state index contributed by atoms with van der Waals surface area (Å²) in [6, 6.07) is 0. The van der Waals surface area contributed by atoms with Crippen molar-refractivity contribution in [3.8, 4) is 0 Å². The highest BCUT2D eigenvalue weighted by atomic mass is 19.3. The monoisotopic (exact) mass is 784 g/mol. The number of carbonyl (C=O) groups is 4. The van der Waals surface area contributed by atoms with Gasteiger partial charge in [-0.3, -0.25) is 0 Å². The lowest BCUT2D eigenvalue weighted by Gasteiger charge is -2.76. The fraction of sp³-hybridized carbons (Fsp3) is 0.571. The third-order valence-electron chi connectivity index (χ3n) is 8.28. The third kappa shape index (κ3) is 4.57. The number of halogens is 14. The van der Waals surface area contributed by atoms with E-state index in [4.69, 9.17) is 0 Å². The first-order valence-corrected chi connectivity index (χ1v) is 13.7. The minimum atomic E-state index is -8.02. The summed E-state index contributed by atoms with van der Waals surface area (Å²) in [7, 11) is 0. The lowest BCUT2D eigenvalue weighted by atomic mass is 9.39. The molecule has 292 valence electrons. The van der Waals surface area contributed by atoms with Gasteiger partial charge in [-0.1, -0.05) is 26.3 Å². The van der Waals surface area contributed by atoms with Crippen molar-refractivity contribution in [1.29, 1.82) is 0 Å². The summed E-state index contributed by atoms with van der Waals surface area (Å²) in [5, 5.41) is 0. The van der Waals surface area contributed by atoms with E-state index in [0.29, 0.717) is 12.2 Å². The van der Waals surface area contributed by atoms with Crippen molar-refractivity contribution >= 4 is 23.9 Å². The summed E-state index contributed by atoms with van der Waals surface area (Å²) < 4.78 is 248. The fourth-order valence-corrected chi connectivity index (χ4v) is 5.93. The normalized spacial score (nSPS) is 33.0. The number of ether oxygens (including phenoxy) is 6. The Morgan fingerprint density at radius 2 is 0.692 bits per heavy atom. The van der Waals surface area contributed by atoms with Crippen molar-refractivity contribution in [3.05, 3.63) is 50.6 Å². The molecule has 0 amide bonds. The summed E-state index contributed by atoms with van der Waals surface area (Å²) in [5.41, 5.74) is -30.1. The highest BCUT2D eigenvalue weighted by molar-refractivity contribution is 5.82. The first-order chi connectivity index (χ1) is 23.6. The van der Waals surface area contributed by atoms with Crippen LogP contribution in [-0.2, 0) is 47.6 Å². The fourth-order valence-electron chi connectivity index (χ4n) is 5.93. The van der Waals surface area contributed by atoms with Crippen LogP contribution in [0.1, 0.15) is 0 Å². The first-order valence-electron chi connectivity index (χ1n) is 13.7. The van der Waals surface area contributed by atoms with Gasteiger partial charge in [0.05, 0.1) is 13.2 Å². The summed E-state index contributed by atoms with van der Waals surface area (Å²) >= 11 is 0. The van der Waals surface area contributed by atoms with Gasteiger partial charge in [0.25, 0.3) is 11.2 Å². The van der Waals surface area contributed by atoms with Crippen LogP contribution in [0.2, 0.25) is 0 Å². The smallest absolute Gasteiger partial charge is 0.339 e. The second-order valence-electron chi connectivity index (χ2n) is 10.9. The van der Waals surface area contributed by atoms with Crippen molar-refractivity contribution in [1.82, 2.24) is 0 Å². The van der Waals surface area contributed by atoms with Crippen LogP contribution in [0.3, 0.4) is 0 Å². The molecule has 2 unspecified atom stereocenters. The van der Waals surface area contributed by atoms with Crippen molar-refractivity contribution in [3.63, 3.8) is 0 Å². The highest BCUT2D eigenvalue weighted by Gasteiger charge is 3.23. The van der Waals surface area contributed by atoms with E-state index in [0.717, 1.165) is 0 Å². The molecule has 4 rings (SSSR count). The van der Waals surface area contributed by atoms with E-state index in [1.165, 1.54) is 0 Å². The van der Waals surface area contributed by atoms with Gasteiger partial charge in [0.2, 0.25) is 0 Å². The lowest BCUT2D eigenvalue weighted by Crippen LogP contribution is -3.11. The molecule has 0 spiro atoms. The molecule has 4 saturated carbocycles. The summed E-state index contributed by atoms with van der Waals surface area (Å²) in [4.78, 5) is 46.2. The van der Waals surface area contributed by atoms with Crippen molar-refractivity contribution in [2.75, 3.05) is 26.4 Å². The number of rotatable bonds is 16. The minimum Gasteiger partial charge on any atom is -0.458 e. The average molecular weight is 784 g/mol. The molecule has 4 bridgehead atoms. The molecule has 0 N–H and O–H groups in total. The van der Waals surface area contributed by atoms with Gasteiger partial charge in [-0.25, -0.2) is 28.0 Å². The molecular weight excluding hydrogens is 762 g/mol. The van der Waals surface area contributed by atoms with E-state index >= 15 is 61.5 Å². The Balaban J connectivity index is 2.39. The molecule has 0 aromatic heterocycles. The molecular formula is C28H22F14O10. The van der Waals surface area contributed by atoms with Crippen molar-refractivity contribution in [2.45, 2.75) is 70.3 Å². The second-order valence-corrected chi connectivity index (χ2v) is 10.9. The van der Waals surface area contributed by atoms with Gasteiger partial charge >= 0.3 is 70.7 Å². The standard InChI is InChI=1S/C28H22F14O10/c1-5-15(43)47-9-13(51-17(45)7-3)11-49-21-24(33,34)19(29)23(31,32)20(30,25(21,35)36)27(39,40)22(26(19,37)38,28(21,41)42)50-12-14(52-18(46)8-4)10-48-16(44)6-2/h5-8,13-14H,1-4,9-12H2. The van der Waals surface area contributed by atoms with Gasteiger partial charge in [-0.15, -0.1) is 0 Å². The Morgan fingerprint density at radius 3 is 0.942 bits per heavy atom. The van der Waals surface area contributed by atoms with Crippen LogP contribution < -0.4 is 0 Å². The zero-order valence-electron chi connectivity index (χ0n) is 25.5. The van der Waals surface area contributed by atoms with E-state index in [1.54, 1.807) is 0 Å². The number of alkyl halides is 14. The molecule has 0 heterocycles. The van der Waals surface area contributed by atoms with E-state index < -0.39 is 121 Å². The minimum absolute atomic E-state index is 0.199. The molecule has 0 aliphatic heterocycles. The van der Waals surface area contributed by atoms with Gasteiger partial charge in [0, 0.05) is 24.3 Å². The molecule has 0 aromatic rings. The maximum absolute atomic E-state index is 16.5. The zero-order chi connectivity index (χ0) is 40.4. The summed E-state index contributed by atoms with van der Waals surface area (Å²) in [6.07, 6.45) is -4.45. The van der Waals surface area contributed by atoms with Crippen LogP contribution >= 0.6 is 0 Å². The Hall–Kier alpha value is -4.22. The molecule has 4 fully saturated rings. The van der Waals surface area contributed by atoms with Crippen LogP contribution in [0.25, 0.3) is 0 Å². The van der Waals surface area contributed by atoms with Gasteiger partial charge < -0.3 is 28.4 Å². The predicted octanol–water partition coefficient (Wildman–Crippen LogP) is 4.42. The Kier molecular flexibility index (Phi) is 10.3. The Labute approximate surface area is 280 Å². The maximum Gasteiger partial charge on any atom is 0.339 e. The molecule has 24 heteroatoms. The van der Waals surface area contributed by atoms with E-state index in [2.05, 4.69) is 54.7 Å². The van der Waals surface area contributed by atoms with Crippen LogP contribution in [-0.4, -0.2) is 121 Å². The van der Waals surface area contributed by atoms with Crippen LogP contribution in [0.4, 0.5) is 61.5 Å². The second kappa shape index (κ2) is 12.7. The van der Waals surface area contributed by atoms with Crippen molar-refractivity contribution in [2.24, 2.45) is 0 Å². The molecule has 10 nitrogen and oxygen atoms in total. The number of hydrogen-bond donors (Lipinski definition) is 0. The van der Waals surface area contributed by atoms with Crippen molar-refractivity contribution < 1.29 is 109 Å². The predicted molar refractivity (Wildman–Crippen MR) is 137 cm³/mol. The van der Waals surface area contributed by atoms with Gasteiger partial charge in [0.15, 0.2) is 12.2 Å². The summed E-state index contributed by atoms with van der Waals surface area (Å²) in [5.74, 6) is -53.5. The molecule has 4 aliphatic carbocycles. The molecule has 0 radical (unpaired) electrons. The highest BCUT2D eigenvalue weighted by Crippen LogP contribution is 2.88. The van der Waals surface area contributed by atoms with E-state index in [9.17, 15) is 19.2 Å². The molecule has 2 atom stereocenters. The Morgan fingerprint density at radius 1 is 0.423 bits per heavy atom. The Bertz CT molecular complexity index is 1400. The van der Waals surface area contributed by atoms with E-state index in [1.807, 2.05) is 0 Å². The van der Waals surface area contributed by atoms with Crippen LogP contribution in [0, 0.1) is 0 Å². The van der Waals surface area contributed by atoms with Gasteiger partial charge in [-0.2, -0.15) is 52.7 Å². The molecule has 0 aromatic carbocycles.